The molecule has 0 spiro atoms. The highest BCUT2D eigenvalue weighted by molar-refractivity contribution is 8.00. The van der Waals surface area contributed by atoms with Gasteiger partial charge in [0, 0.05) is 68.9 Å². The van der Waals surface area contributed by atoms with E-state index in [1.54, 1.807) is 4.31 Å². The SMILES string of the molecule is CS(=O)(=O)N1CCN(CC2CC3NC(c4cccc5c4CNN5)NC(N4CCOCC4)C3S2)CC1. The molecule has 35 heavy (non-hydrogen) atoms. The molecule has 5 unspecified atom stereocenters. The third-order valence-corrected chi connectivity index (χ3v) is 10.9. The van der Waals surface area contributed by atoms with Gasteiger partial charge < -0.3 is 10.2 Å². The third kappa shape index (κ3) is 5.10. The molecule has 0 saturated carbocycles. The first-order valence-electron chi connectivity index (χ1n) is 12.7. The quantitative estimate of drug-likeness (QED) is 0.415. The zero-order valence-electron chi connectivity index (χ0n) is 20.3. The normalized spacial score (nSPS) is 34.9. The van der Waals surface area contributed by atoms with E-state index in [0.717, 1.165) is 58.9 Å². The maximum Gasteiger partial charge on any atom is 0.211 e. The Morgan fingerprint density at radius 3 is 2.66 bits per heavy atom. The number of benzene rings is 1. The van der Waals surface area contributed by atoms with Crippen molar-refractivity contribution in [3.05, 3.63) is 29.3 Å². The minimum absolute atomic E-state index is 0.110. The zero-order valence-corrected chi connectivity index (χ0v) is 21.9. The fraction of sp³-hybridized carbons (Fsp3) is 0.739. The molecule has 0 aliphatic carbocycles. The Morgan fingerprint density at radius 1 is 1.09 bits per heavy atom. The van der Waals surface area contributed by atoms with Gasteiger partial charge in [-0.2, -0.15) is 4.31 Å². The standard InChI is InChI=1S/C23H37N7O3S2/c1-35(31,32)30-7-5-28(6-8-30)15-16-13-20-21(34-16)23(29-9-11-33-12-10-29)26-22(25-20)17-3-2-4-19-18(17)14-24-27-19/h2-4,16,20-27H,5-15H2,1H3. The van der Waals surface area contributed by atoms with Crippen LogP contribution >= 0.6 is 11.8 Å². The number of ether oxygens (including phenoxy) is 1. The van der Waals surface area contributed by atoms with E-state index in [1.165, 1.54) is 23.1 Å². The molecule has 1 aromatic rings. The van der Waals surface area contributed by atoms with Gasteiger partial charge in [-0.05, 0) is 23.6 Å². The summed E-state index contributed by atoms with van der Waals surface area (Å²) >= 11 is 2.11. The van der Waals surface area contributed by atoms with Gasteiger partial charge in [-0.25, -0.2) is 13.8 Å². The Hall–Kier alpha value is -0.960. The van der Waals surface area contributed by atoms with Gasteiger partial charge in [-0.3, -0.25) is 20.4 Å². The van der Waals surface area contributed by atoms with Crippen LogP contribution in [0.3, 0.4) is 0 Å². The van der Waals surface area contributed by atoms with Crippen LogP contribution in [-0.4, -0.2) is 111 Å². The van der Waals surface area contributed by atoms with Gasteiger partial charge in [0.2, 0.25) is 10.0 Å². The molecular weight excluding hydrogens is 486 g/mol. The van der Waals surface area contributed by atoms with Gasteiger partial charge in [-0.1, -0.05) is 12.1 Å². The molecule has 0 amide bonds. The van der Waals surface area contributed by atoms with Crippen LogP contribution in [0.1, 0.15) is 23.7 Å². The Morgan fingerprint density at radius 2 is 1.89 bits per heavy atom. The molecule has 5 aliphatic rings. The van der Waals surface area contributed by atoms with Crippen molar-refractivity contribution < 1.29 is 13.2 Å². The summed E-state index contributed by atoms with van der Waals surface area (Å²) in [6.45, 7) is 8.19. The average Bonchev–Trinajstić information content (AvgIpc) is 3.50. The van der Waals surface area contributed by atoms with Gasteiger partial charge in [0.15, 0.2) is 0 Å². The Balaban J connectivity index is 1.17. The molecular formula is C23H37N7O3S2. The predicted molar refractivity (Wildman–Crippen MR) is 139 cm³/mol. The van der Waals surface area contributed by atoms with Crippen molar-refractivity contribution in [3.8, 4) is 0 Å². The summed E-state index contributed by atoms with van der Waals surface area (Å²) in [5, 5.41) is 8.97. The number of hydrogen-bond donors (Lipinski definition) is 4. The van der Waals surface area contributed by atoms with E-state index in [4.69, 9.17) is 4.74 Å². The molecule has 5 aliphatic heterocycles. The summed E-state index contributed by atoms with van der Waals surface area (Å²) in [6.07, 6.45) is 2.85. The summed E-state index contributed by atoms with van der Waals surface area (Å²) < 4.78 is 31.0. The lowest BCUT2D eigenvalue weighted by atomic mass is 9.96. The lowest BCUT2D eigenvalue weighted by molar-refractivity contribution is -0.00629. The molecule has 194 valence electrons. The molecule has 5 heterocycles. The smallest absolute Gasteiger partial charge is 0.211 e. The van der Waals surface area contributed by atoms with Crippen LogP contribution in [0.4, 0.5) is 5.69 Å². The van der Waals surface area contributed by atoms with Crippen LogP contribution in [0.25, 0.3) is 0 Å². The summed E-state index contributed by atoms with van der Waals surface area (Å²) in [4.78, 5) is 5.03. The van der Waals surface area contributed by atoms with Gasteiger partial charge >= 0.3 is 0 Å². The highest BCUT2D eigenvalue weighted by Gasteiger charge is 2.47. The lowest BCUT2D eigenvalue weighted by Crippen LogP contribution is -2.66. The number of fused-ring (bicyclic) bond motifs is 2. The van der Waals surface area contributed by atoms with Gasteiger partial charge in [0.05, 0.1) is 37.5 Å². The van der Waals surface area contributed by atoms with E-state index in [-0.39, 0.29) is 6.17 Å². The summed E-state index contributed by atoms with van der Waals surface area (Å²) in [5.41, 5.74) is 10.4. The molecule has 10 nitrogen and oxygen atoms in total. The second-order valence-electron chi connectivity index (χ2n) is 10.2. The van der Waals surface area contributed by atoms with Crippen molar-refractivity contribution in [1.82, 2.24) is 30.2 Å². The number of piperazine rings is 1. The van der Waals surface area contributed by atoms with E-state index in [2.05, 4.69) is 61.2 Å². The molecule has 0 bridgehead atoms. The molecule has 0 radical (unpaired) electrons. The number of nitrogens with one attached hydrogen (secondary N) is 4. The van der Waals surface area contributed by atoms with E-state index in [9.17, 15) is 8.42 Å². The van der Waals surface area contributed by atoms with E-state index >= 15 is 0 Å². The molecule has 4 saturated heterocycles. The first-order valence-corrected chi connectivity index (χ1v) is 15.5. The third-order valence-electron chi connectivity index (χ3n) is 8.01. The largest absolute Gasteiger partial charge is 0.379 e. The number of anilines is 1. The molecule has 1 aromatic carbocycles. The van der Waals surface area contributed by atoms with Crippen LogP contribution in [-0.2, 0) is 21.3 Å². The summed E-state index contributed by atoms with van der Waals surface area (Å²) in [5.74, 6) is 0. The van der Waals surface area contributed by atoms with Crippen molar-refractivity contribution in [2.45, 2.75) is 41.8 Å². The molecule has 5 atom stereocenters. The summed E-state index contributed by atoms with van der Waals surface area (Å²) in [6, 6.07) is 6.94. The van der Waals surface area contributed by atoms with Crippen LogP contribution in [0.2, 0.25) is 0 Å². The molecule has 0 aromatic heterocycles. The number of rotatable bonds is 5. The summed E-state index contributed by atoms with van der Waals surface area (Å²) in [7, 11) is -3.09. The van der Waals surface area contributed by atoms with Crippen LogP contribution in [0.5, 0.6) is 0 Å². The van der Waals surface area contributed by atoms with Crippen molar-refractivity contribution in [3.63, 3.8) is 0 Å². The zero-order chi connectivity index (χ0) is 24.0. The van der Waals surface area contributed by atoms with E-state index in [0.29, 0.717) is 35.8 Å². The number of morpholine rings is 1. The maximum absolute atomic E-state index is 11.9. The molecule has 6 rings (SSSR count). The predicted octanol–water partition coefficient (Wildman–Crippen LogP) is -0.214. The first-order chi connectivity index (χ1) is 17.0. The monoisotopic (exact) mass is 523 g/mol. The van der Waals surface area contributed by atoms with Crippen molar-refractivity contribution in [1.29, 1.82) is 0 Å². The molecule has 4 fully saturated rings. The Kier molecular flexibility index (Phi) is 7.01. The number of nitrogens with zero attached hydrogens (tertiary/aromatic N) is 3. The van der Waals surface area contributed by atoms with Gasteiger partial charge in [-0.15, -0.1) is 11.8 Å². The Labute approximate surface area is 212 Å². The number of sulfonamides is 1. The second kappa shape index (κ2) is 10.1. The van der Waals surface area contributed by atoms with Crippen LogP contribution < -0.4 is 21.5 Å². The lowest BCUT2D eigenvalue weighted by Gasteiger charge is -2.46. The van der Waals surface area contributed by atoms with Crippen molar-refractivity contribution >= 4 is 27.5 Å². The van der Waals surface area contributed by atoms with Gasteiger partial charge in [0.1, 0.15) is 0 Å². The topological polar surface area (TPSA) is 101 Å². The van der Waals surface area contributed by atoms with Crippen LogP contribution in [0.15, 0.2) is 18.2 Å². The highest BCUT2D eigenvalue weighted by Crippen LogP contribution is 2.42. The van der Waals surface area contributed by atoms with Crippen LogP contribution in [0, 0.1) is 0 Å². The molecule has 4 N–H and O–H groups in total. The number of hydrogen-bond acceptors (Lipinski definition) is 10. The first kappa shape index (κ1) is 24.4. The van der Waals surface area contributed by atoms with Crippen molar-refractivity contribution in [2.75, 3.05) is 70.7 Å². The average molecular weight is 524 g/mol. The van der Waals surface area contributed by atoms with Crippen molar-refractivity contribution in [2.24, 2.45) is 0 Å². The van der Waals surface area contributed by atoms with E-state index < -0.39 is 10.0 Å². The maximum atomic E-state index is 11.9. The molecule has 12 heteroatoms. The second-order valence-corrected chi connectivity index (χ2v) is 13.7. The fourth-order valence-electron chi connectivity index (χ4n) is 6.19. The number of thioether (sulfide) groups is 1. The van der Waals surface area contributed by atoms with Gasteiger partial charge in [0.25, 0.3) is 0 Å². The number of hydrazine groups is 1. The minimum atomic E-state index is -3.09. The Bertz CT molecular complexity index is 1010. The highest BCUT2D eigenvalue weighted by atomic mass is 32.2. The fourth-order valence-corrected chi connectivity index (χ4v) is 8.86. The minimum Gasteiger partial charge on any atom is -0.379 e. The van der Waals surface area contributed by atoms with E-state index in [1.807, 2.05) is 0 Å².